The predicted molar refractivity (Wildman–Crippen MR) is 74.0 cm³/mol. The SMILES string of the molecule is CCC(CCC=O)O[Si](C)(C)c1ccccc1. The minimum Gasteiger partial charge on any atom is -0.410 e. The van der Waals surface area contributed by atoms with Crippen molar-refractivity contribution in [2.24, 2.45) is 0 Å². The first-order chi connectivity index (χ1) is 8.10. The van der Waals surface area contributed by atoms with E-state index >= 15 is 0 Å². The van der Waals surface area contributed by atoms with Crippen molar-refractivity contribution >= 4 is 19.8 Å². The van der Waals surface area contributed by atoms with E-state index in [1.165, 1.54) is 5.19 Å². The van der Waals surface area contributed by atoms with Crippen LogP contribution in [-0.2, 0) is 9.22 Å². The monoisotopic (exact) mass is 250 g/mol. The van der Waals surface area contributed by atoms with Crippen LogP contribution in [0.3, 0.4) is 0 Å². The van der Waals surface area contributed by atoms with Crippen molar-refractivity contribution < 1.29 is 9.22 Å². The molecule has 1 aromatic rings. The highest BCUT2D eigenvalue weighted by atomic mass is 28.4. The molecule has 1 aromatic carbocycles. The van der Waals surface area contributed by atoms with Crippen molar-refractivity contribution in [2.75, 3.05) is 0 Å². The summed E-state index contributed by atoms with van der Waals surface area (Å²) in [5.41, 5.74) is 0. The Bertz CT molecular complexity index is 335. The molecular formula is C14H22O2Si. The van der Waals surface area contributed by atoms with E-state index in [0.29, 0.717) is 6.42 Å². The van der Waals surface area contributed by atoms with Gasteiger partial charge in [0.1, 0.15) is 6.29 Å². The maximum Gasteiger partial charge on any atom is 0.218 e. The standard InChI is InChI=1S/C14H22O2Si/c1-4-13(9-8-12-15)16-17(2,3)14-10-6-5-7-11-14/h5-7,10-13H,4,8-9H2,1-3H3. The summed E-state index contributed by atoms with van der Waals surface area (Å²) < 4.78 is 6.26. The smallest absolute Gasteiger partial charge is 0.218 e. The van der Waals surface area contributed by atoms with E-state index in [9.17, 15) is 4.79 Å². The van der Waals surface area contributed by atoms with Crippen LogP contribution >= 0.6 is 0 Å². The lowest BCUT2D eigenvalue weighted by Gasteiger charge is -2.29. The summed E-state index contributed by atoms with van der Waals surface area (Å²) in [5.74, 6) is 0. The second-order valence-corrected chi connectivity index (χ2v) is 8.60. The van der Waals surface area contributed by atoms with Gasteiger partial charge < -0.3 is 9.22 Å². The molecule has 0 aromatic heterocycles. The van der Waals surface area contributed by atoms with Crippen LogP contribution in [0.1, 0.15) is 26.2 Å². The summed E-state index contributed by atoms with van der Waals surface area (Å²) in [6.07, 6.45) is 3.59. The first-order valence-corrected chi connectivity index (χ1v) is 9.18. The van der Waals surface area contributed by atoms with Gasteiger partial charge in [0, 0.05) is 12.5 Å². The Labute approximate surface area is 105 Å². The molecule has 0 spiro atoms. The van der Waals surface area contributed by atoms with Gasteiger partial charge in [-0.15, -0.1) is 0 Å². The van der Waals surface area contributed by atoms with Crippen LogP contribution in [0.25, 0.3) is 0 Å². The Balaban J connectivity index is 2.67. The van der Waals surface area contributed by atoms with Crippen molar-refractivity contribution in [1.82, 2.24) is 0 Å². The van der Waals surface area contributed by atoms with Gasteiger partial charge in [-0.2, -0.15) is 0 Å². The lowest BCUT2D eigenvalue weighted by atomic mass is 10.2. The van der Waals surface area contributed by atoms with E-state index in [4.69, 9.17) is 4.43 Å². The molecule has 0 fully saturated rings. The zero-order chi connectivity index (χ0) is 12.7. The Kier molecular flexibility index (Phi) is 5.58. The maximum atomic E-state index is 10.4. The van der Waals surface area contributed by atoms with Crippen LogP contribution in [0.4, 0.5) is 0 Å². The lowest BCUT2D eigenvalue weighted by Crippen LogP contribution is -2.47. The molecule has 3 heteroatoms. The van der Waals surface area contributed by atoms with Gasteiger partial charge in [-0.3, -0.25) is 0 Å². The lowest BCUT2D eigenvalue weighted by molar-refractivity contribution is -0.108. The van der Waals surface area contributed by atoms with Gasteiger partial charge in [0.25, 0.3) is 0 Å². The fourth-order valence-electron chi connectivity index (χ4n) is 1.92. The number of aldehydes is 1. The molecule has 94 valence electrons. The molecule has 0 aliphatic carbocycles. The van der Waals surface area contributed by atoms with Crippen molar-refractivity contribution in [2.45, 2.75) is 45.4 Å². The Morgan fingerprint density at radius 3 is 2.47 bits per heavy atom. The molecule has 1 atom stereocenters. The molecular weight excluding hydrogens is 228 g/mol. The van der Waals surface area contributed by atoms with Crippen LogP contribution in [0.5, 0.6) is 0 Å². The van der Waals surface area contributed by atoms with Crippen molar-refractivity contribution in [1.29, 1.82) is 0 Å². The fourth-order valence-corrected chi connectivity index (χ4v) is 4.17. The van der Waals surface area contributed by atoms with Gasteiger partial charge >= 0.3 is 0 Å². The summed E-state index contributed by atoms with van der Waals surface area (Å²) >= 11 is 0. The van der Waals surface area contributed by atoms with Gasteiger partial charge in [-0.05, 0) is 31.1 Å². The zero-order valence-corrected chi connectivity index (χ0v) is 12.0. The minimum absolute atomic E-state index is 0.210. The summed E-state index contributed by atoms with van der Waals surface area (Å²) in [6.45, 7) is 6.54. The molecule has 2 nitrogen and oxygen atoms in total. The summed E-state index contributed by atoms with van der Waals surface area (Å²) in [7, 11) is -1.83. The Morgan fingerprint density at radius 2 is 1.94 bits per heavy atom. The second-order valence-electron chi connectivity index (χ2n) is 4.77. The highest BCUT2D eigenvalue weighted by Crippen LogP contribution is 2.14. The molecule has 0 aliphatic heterocycles. The number of carbonyl (C=O) groups is 1. The van der Waals surface area contributed by atoms with Crippen LogP contribution in [0, 0.1) is 0 Å². The number of carbonyl (C=O) groups excluding carboxylic acids is 1. The maximum absolute atomic E-state index is 10.4. The minimum atomic E-state index is -1.83. The molecule has 0 saturated heterocycles. The van der Waals surface area contributed by atoms with E-state index in [0.717, 1.165) is 19.1 Å². The van der Waals surface area contributed by atoms with E-state index in [2.05, 4.69) is 44.3 Å². The van der Waals surface area contributed by atoms with Crippen molar-refractivity contribution in [3.8, 4) is 0 Å². The normalized spacial score (nSPS) is 13.4. The Morgan fingerprint density at radius 1 is 1.29 bits per heavy atom. The number of hydrogen-bond acceptors (Lipinski definition) is 2. The van der Waals surface area contributed by atoms with Gasteiger partial charge in [0.15, 0.2) is 0 Å². The molecule has 0 aliphatic rings. The number of rotatable bonds is 7. The highest BCUT2D eigenvalue weighted by molar-refractivity contribution is 6.84. The molecule has 0 saturated carbocycles. The first kappa shape index (κ1) is 14.1. The average molecular weight is 250 g/mol. The van der Waals surface area contributed by atoms with Crippen LogP contribution < -0.4 is 5.19 Å². The molecule has 17 heavy (non-hydrogen) atoms. The topological polar surface area (TPSA) is 26.3 Å². The van der Waals surface area contributed by atoms with E-state index < -0.39 is 8.32 Å². The molecule has 1 rings (SSSR count). The first-order valence-electron chi connectivity index (χ1n) is 6.27. The van der Waals surface area contributed by atoms with Crippen LogP contribution in [-0.4, -0.2) is 20.7 Å². The largest absolute Gasteiger partial charge is 0.410 e. The van der Waals surface area contributed by atoms with Gasteiger partial charge in [-0.25, -0.2) is 0 Å². The van der Waals surface area contributed by atoms with Gasteiger partial charge in [0.05, 0.1) is 0 Å². The quantitative estimate of drug-likeness (QED) is 0.549. The van der Waals surface area contributed by atoms with E-state index in [1.54, 1.807) is 0 Å². The third-order valence-corrected chi connectivity index (χ3v) is 5.64. The molecule has 0 N–H and O–H groups in total. The van der Waals surface area contributed by atoms with Crippen LogP contribution in [0.15, 0.2) is 30.3 Å². The summed E-state index contributed by atoms with van der Waals surface area (Å²) in [4.78, 5) is 10.4. The van der Waals surface area contributed by atoms with Crippen molar-refractivity contribution in [3.05, 3.63) is 30.3 Å². The average Bonchev–Trinajstić information content (AvgIpc) is 2.35. The summed E-state index contributed by atoms with van der Waals surface area (Å²) in [6, 6.07) is 10.4. The Hall–Kier alpha value is -0.933. The van der Waals surface area contributed by atoms with Crippen LogP contribution in [0.2, 0.25) is 13.1 Å². The molecule has 1 unspecified atom stereocenters. The van der Waals surface area contributed by atoms with E-state index in [-0.39, 0.29) is 6.10 Å². The fraction of sp³-hybridized carbons (Fsp3) is 0.500. The molecule has 0 bridgehead atoms. The second kappa shape index (κ2) is 6.72. The number of hydrogen-bond donors (Lipinski definition) is 0. The van der Waals surface area contributed by atoms with Gasteiger partial charge in [0.2, 0.25) is 8.32 Å². The summed E-state index contributed by atoms with van der Waals surface area (Å²) in [5, 5.41) is 1.31. The van der Waals surface area contributed by atoms with E-state index in [1.807, 2.05) is 6.07 Å². The zero-order valence-electron chi connectivity index (χ0n) is 11.0. The van der Waals surface area contributed by atoms with Gasteiger partial charge in [-0.1, -0.05) is 37.3 Å². The molecule has 0 amide bonds. The predicted octanol–water partition coefficient (Wildman–Crippen LogP) is 2.87. The number of benzene rings is 1. The van der Waals surface area contributed by atoms with Crippen molar-refractivity contribution in [3.63, 3.8) is 0 Å². The molecule has 0 radical (unpaired) electrons. The third kappa shape index (κ3) is 4.44. The third-order valence-electron chi connectivity index (χ3n) is 2.99. The highest BCUT2D eigenvalue weighted by Gasteiger charge is 2.27. The molecule has 0 heterocycles.